The number of piperazine rings is 1. The maximum atomic E-state index is 4.39. The van der Waals surface area contributed by atoms with E-state index in [9.17, 15) is 0 Å². The van der Waals surface area contributed by atoms with Crippen molar-refractivity contribution >= 4 is 16.5 Å². The Morgan fingerprint density at radius 2 is 1.95 bits per heavy atom. The summed E-state index contributed by atoms with van der Waals surface area (Å²) >= 11 is 1.74. The molecule has 1 saturated carbocycles. The van der Waals surface area contributed by atoms with E-state index in [0.717, 1.165) is 37.9 Å². The van der Waals surface area contributed by atoms with Gasteiger partial charge in [0.25, 0.3) is 0 Å². The molecule has 2 heterocycles. The molecule has 108 valence electrons. The van der Waals surface area contributed by atoms with E-state index >= 15 is 0 Å². The van der Waals surface area contributed by atoms with Gasteiger partial charge in [-0.1, -0.05) is 31.1 Å². The van der Waals surface area contributed by atoms with Gasteiger partial charge in [-0.25, -0.2) is 4.98 Å². The van der Waals surface area contributed by atoms with E-state index in [1.165, 1.54) is 32.1 Å². The maximum Gasteiger partial charge on any atom is 0.185 e. The van der Waals surface area contributed by atoms with Crippen molar-refractivity contribution in [1.29, 1.82) is 0 Å². The van der Waals surface area contributed by atoms with E-state index in [0.29, 0.717) is 5.92 Å². The Bertz CT molecular complexity index is 446. The third kappa shape index (κ3) is 3.74. The van der Waals surface area contributed by atoms with Gasteiger partial charge < -0.3 is 4.90 Å². The topological polar surface area (TPSA) is 19.4 Å². The van der Waals surface area contributed by atoms with E-state index < -0.39 is 0 Å². The van der Waals surface area contributed by atoms with Crippen molar-refractivity contribution < 1.29 is 0 Å². The molecule has 0 amide bonds. The monoisotopic (exact) mass is 289 g/mol. The quantitative estimate of drug-likeness (QED) is 0.781. The zero-order chi connectivity index (χ0) is 13.6. The van der Waals surface area contributed by atoms with Crippen LogP contribution < -0.4 is 4.90 Å². The third-order valence-corrected chi connectivity index (χ3v) is 5.11. The van der Waals surface area contributed by atoms with Crippen molar-refractivity contribution in [2.24, 2.45) is 5.92 Å². The van der Waals surface area contributed by atoms with Crippen LogP contribution in [0.2, 0.25) is 0 Å². The smallest absolute Gasteiger partial charge is 0.185 e. The Morgan fingerprint density at radius 3 is 2.65 bits per heavy atom. The molecule has 0 spiro atoms. The number of anilines is 1. The molecule has 20 heavy (non-hydrogen) atoms. The SMILES string of the molecule is C(#CC1CCCCC1)CN1CCN(c2nccs2)CC1. The minimum Gasteiger partial charge on any atom is -0.346 e. The predicted octanol–water partition coefficient (Wildman–Crippen LogP) is 2.85. The molecule has 0 N–H and O–H groups in total. The lowest BCUT2D eigenvalue weighted by Gasteiger charge is -2.33. The van der Waals surface area contributed by atoms with Crippen LogP contribution in [0.1, 0.15) is 32.1 Å². The van der Waals surface area contributed by atoms with Gasteiger partial charge in [0.15, 0.2) is 5.13 Å². The molecule has 0 radical (unpaired) electrons. The Labute approximate surface area is 126 Å². The van der Waals surface area contributed by atoms with Crippen LogP contribution in [0.15, 0.2) is 11.6 Å². The van der Waals surface area contributed by atoms with Gasteiger partial charge >= 0.3 is 0 Å². The minimum absolute atomic E-state index is 0.681. The number of rotatable bonds is 2. The summed E-state index contributed by atoms with van der Waals surface area (Å²) in [5, 5.41) is 3.22. The van der Waals surface area contributed by atoms with E-state index in [1.54, 1.807) is 11.3 Å². The molecule has 1 aliphatic carbocycles. The lowest BCUT2D eigenvalue weighted by molar-refractivity contribution is 0.287. The summed E-state index contributed by atoms with van der Waals surface area (Å²) in [7, 11) is 0. The molecule has 1 aromatic rings. The van der Waals surface area contributed by atoms with Crippen LogP contribution in [0.25, 0.3) is 0 Å². The molecule has 1 aliphatic heterocycles. The minimum atomic E-state index is 0.681. The fraction of sp³-hybridized carbons (Fsp3) is 0.688. The summed E-state index contributed by atoms with van der Waals surface area (Å²) in [6.45, 7) is 5.33. The van der Waals surface area contributed by atoms with Gasteiger partial charge in [0, 0.05) is 43.7 Å². The second-order valence-electron chi connectivity index (χ2n) is 5.73. The Kier molecular flexibility index (Phi) is 4.94. The van der Waals surface area contributed by atoms with Crippen molar-refractivity contribution in [1.82, 2.24) is 9.88 Å². The Balaban J connectivity index is 1.41. The maximum absolute atomic E-state index is 4.39. The van der Waals surface area contributed by atoms with E-state index in [4.69, 9.17) is 0 Å². The summed E-state index contributed by atoms with van der Waals surface area (Å²) < 4.78 is 0. The molecule has 1 saturated heterocycles. The van der Waals surface area contributed by atoms with Crippen molar-refractivity contribution in [2.75, 3.05) is 37.6 Å². The molecule has 3 rings (SSSR count). The van der Waals surface area contributed by atoms with Crippen molar-refractivity contribution in [2.45, 2.75) is 32.1 Å². The summed E-state index contributed by atoms with van der Waals surface area (Å²) in [5.41, 5.74) is 0. The fourth-order valence-corrected chi connectivity index (χ4v) is 3.71. The van der Waals surface area contributed by atoms with Crippen LogP contribution >= 0.6 is 11.3 Å². The fourth-order valence-electron chi connectivity index (χ4n) is 3.02. The average Bonchev–Trinajstić information content (AvgIpc) is 3.03. The van der Waals surface area contributed by atoms with E-state index in [1.807, 2.05) is 6.20 Å². The zero-order valence-electron chi connectivity index (χ0n) is 12.1. The van der Waals surface area contributed by atoms with Crippen LogP contribution in [-0.2, 0) is 0 Å². The Hall–Kier alpha value is -1.05. The lowest BCUT2D eigenvalue weighted by atomic mass is 9.90. The first kappa shape index (κ1) is 13.9. The van der Waals surface area contributed by atoms with Gasteiger partial charge in [-0.3, -0.25) is 4.90 Å². The average molecular weight is 289 g/mol. The van der Waals surface area contributed by atoms with E-state index in [-0.39, 0.29) is 0 Å². The molecular weight excluding hydrogens is 266 g/mol. The molecule has 1 aromatic heterocycles. The largest absolute Gasteiger partial charge is 0.346 e. The van der Waals surface area contributed by atoms with Crippen molar-refractivity contribution in [3.05, 3.63) is 11.6 Å². The van der Waals surface area contributed by atoms with E-state index in [2.05, 4.69) is 32.0 Å². The highest BCUT2D eigenvalue weighted by Crippen LogP contribution is 2.22. The molecule has 3 nitrogen and oxygen atoms in total. The first-order valence-electron chi connectivity index (χ1n) is 7.77. The second kappa shape index (κ2) is 7.10. The number of hydrogen-bond donors (Lipinski definition) is 0. The van der Waals surface area contributed by atoms with Crippen LogP contribution in [0, 0.1) is 17.8 Å². The Morgan fingerprint density at radius 1 is 1.15 bits per heavy atom. The molecule has 2 fully saturated rings. The first-order valence-corrected chi connectivity index (χ1v) is 8.65. The highest BCUT2D eigenvalue weighted by molar-refractivity contribution is 7.13. The molecular formula is C16H23N3S. The van der Waals surface area contributed by atoms with Crippen molar-refractivity contribution in [3.63, 3.8) is 0 Å². The van der Waals surface area contributed by atoms with Crippen LogP contribution in [0.4, 0.5) is 5.13 Å². The normalized spacial score (nSPS) is 21.5. The molecule has 0 aromatic carbocycles. The second-order valence-corrected chi connectivity index (χ2v) is 6.61. The van der Waals surface area contributed by atoms with Gasteiger partial charge in [-0.15, -0.1) is 11.3 Å². The lowest BCUT2D eigenvalue weighted by Crippen LogP contribution is -2.46. The van der Waals surface area contributed by atoms with Gasteiger partial charge in [0.1, 0.15) is 0 Å². The number of thiazole rings is 1. The molecule has 0 atom stereocenters. The van der Waals surface area contributed by atoms with Gasteiger partial charge in [-0.05, 0) is 12.8 Å². The molecule has 0 unspecified atom stereocenters. The molecule has 2 aliphatic rings. The number of nitrogens with zero attached hydrogens (tertiary/aromatic N) is 3. The molecule has 0 bridgehead atoms. The number of hydrogen-bond acceptors (Lipinski definition) is 4. The summed E-state index contributed by atoms with van der Waals surface area (Å²) in [5.74, 6) is 7.59. The summed E-state index contributed by atoms with van der Waals surface area (Å²) in [6, 6.07) is 0. The van der Waals surface area contributed by atoms with Crippen LogP contribution in [-0.4, -0.2) is 42.6 Å². The standard InChI is InChI=1S/C16H23N3S/c1-2-5-15(6-3-1)7-4-9-18-10-12-19(13-11-18)16-17-8-14-20-16/h8,14-15H,1-3,5-6,9-13H2. The zero-order valence-corrected chi connectivity index (χ0v) is 12.9. The first-order chi connectivity index (χ1) is 9.92. The van der Waals surface area contributed by atoms with Gasteiger partial charge in [0.2, 0.25) is 0 Å². The van der Waals surface area contributed by atoms with Gasteiger partial charge in [0.05, 0.1) is 6.54 Å². The summed E-state index contributed by atoms with van der Waals surface area (Å²) in [6.07, 6.45) is 8.71. The molecule has 4 heteroatoms. The van der Waals surface area contributed by atoms with Gasteiger partial charge in [-0.2, -0.15) is 0 Å². The number of aromatic nitrogens is 1. The van der Waals surface area contributed by atoms with Crippen LogP contribution in [0.5, 0.6) is 0 Å². The van der Waals surface area contributed by atoms with Crippen molar-refractivity contribution in [3.8, 4) is 11.8 Å². The highest BCUT2D eigenvalue weighted by Gasteiger charge is 2.17. The predicted molar refractivity (Wildman–Crippen MR) is 85.1 cm³/mol. The third-order valence-electron chi connectivity index (χ3n) is 4.28. The van der Waals surface area contributed by atoms with Crippen LogP contribution in [0.3, 0.4) is 0 Å². The highest BCUT2D eigenvalue weighted by atomic mass is 32.1. The summed E-state index contributed by atoms with van der Waals surface area (Å²) in [4.78, 5) is 9.24.